The van der Waals surface area contributed by atoms with Crippen LogP contribution in [-0.2, 0) is 0 Å². The minimum atomic E-state index is 0.406. The number of aromatic nitrogens is 5. The fourth-order valence-corrected chi connectivity index (χ4v) is 3.64. The number of fused-ring (bicyclic) bond motifs is 1. The first-order chi connectivity index (χ1) is 11.1. The highest BCUT2D eigenvalue weighted by Crippen LogP contribution is 2.28. The molecule has 1 unspecified atom stereocenters. The first-order valence-corrected chi connectivity index (χ1v) is 8.20. The molecule has 1 atom stereocenters. The summed E-state index contributed by atoms with van der Waals surface area (Å²) in [6.45, 7) is 8.19. The van der Waals surface area contributed by atoms with Gasteiger partial charge in [0, 0.05) is 31.2 Å². The van der Waals surface area contributed by atoms with E-state index in [9.17, 15) is 0 Å². The molecule has 6 nitrogen and oxygen atoms in total. The largest absolute Gasteiger partial charge is 0.353 e. The van der Waals surface area contributed by atoms with Crippen LogP contribution in [-0.4, -0.2) is 37.5 Å². The molecule has 1 aliphatic rings. The fraction of sp³-hybridized carbons (Fsp3) is 0.471. The SMILES string of the molecule is Cc1cc(C)n(C2CCCN(c3nccn4nc(C)cc34)C2)n1. The standard InChI is InChI=1S/C17H22N6/c1-12-9-14(3)23(20-12)15-5-4-7-21(11-15)17-16-10-13(2)19-22(16)8-6-18-17/h6,8-10,15H,4-5,7,11H2,1-3H3. The number of hydrogen-bond acceptors (Lipinski definition) is 4. The van der Waals surface area contributed by atoms with Crippen molar-refractivity contribution in [2.75, 3.05) is 18.0 Å². The second-order valence-electron chi connectivity index (χ2n) is 6.48. The summed E-state index contributed by atoms with van der Waals surface area (Å²) in [5.74, 6) is 1.03. The van der Waals surface area contributed by atoms with E-state index in [1.165, 1.54) is 12.1 Å². The van der Waals surface area contributed by atoms with Gasteiger partial charge in [-0.1, -0.05) is 0 Å². The molecule has 0 aromatic carbocycles. The first kappa shape index (κ1) is 14.2. The van der Waals surface area contributed by atoms with Gasteiger partial charge in [-0.25, -0.2) is 9.50 Å². The van der Waals surface area contributed by atoms with Crippen LogP contribution in [0.4, 0.5) is 5.82 Å². The highest BCUT2D eigenvalue weighted by Gasteiger charge is 2.25. The van der Waals surface area contributed by atoms with E-state index in [4.69, 9.17) is 0 Å². The molecule has 1 fully saturated rings. The van der Waals surface area contributed by atoms with Gasteiger partial charge < -0.3 is 4.90 Å². The van der Waals surface area contributed by atoms with E-state index in [1.54, 1.807) is 0 Å². The smallest absolute Gasteiger partial charge is 0.154 e. The Morgan fingerprint density at radius 3 is 2.70 bits per heavy atom. The van der Waals surface area contributed by atoms with E-state index in [-0.39, 0.29) is 0 Å². The minimum Gasteiger partial charge on any atom is -0.353 e. The topological polar surface area (TPSA) is 51.2 Å². The molecule has 4 rings (SSSR count). The molecule has 1 aliphatic heterocycles. The normalized spacial score (nSPS) is 18.7. The lowest BCUT2D eigenvalue weighted by molar-refractivity contribution is 0.368. The Morgan fingerprint density at radius 1 is 1.09 bits per heavy atom. The lowest BCUT2D eigenvalue weighted by Crippen LogP contribution is -2.38. The molecule has 4 heterocycles. The molecule has 0 N–H and O–H groups in total. The van der Waals surface area contributed by atoms with Crippen molar-refractivity contribution in [1.29, 1.82) is 0 Å². The number of aryl methyl sites for hydroxylation is 3. The van der Waals surface area contributed by atoms with Crippen LogP contribution >= 0.6 is 0 Å². The molecule has 0 aliphatic carbocycles. The molecule has 0 radical (unpaired) electrons. The van der Waals surface area contributed by atoms with Crippen molar-refractivity contribution in [3.63, 3.8) is 0 Å². The van der Waals surface area contributed by atoms with Gasteiger partial charge in [0.2, 0.25) is 0 Å². The Balaban J connectivity index is 1.67. The van der Waals surface area contributed by atoms with Gasteiger partial charge in [0.05, 0.1) is 17.4 Å². The number of rotatable bonds is 2. The quantitative estimate of drug-likeness (QED) is 0.730. The van der Waals surface area contributed by atoms with E-state index in [0.717, 1.165) is 42.2 Å². The summed E-state index contributed by atoms with van der Waals surface area (Å²) >= 11 is 0. The molecule has 1 saturated heterocycles. The van der Waals surface area contributed by atoms with Crippen LogP contribution in [0.1, 0.15) is 36.0 Å². The van der Waals surface area contributed by atoms with E-state index >= 15 is 0 Å². The highest BCUT2D eigenvalue weighted by molar-refractivity contribution is 5.69. The predicted octanol–water partition coefficient (Wildman–Crippen LogP) is 2.69. The van der Waals surface area contributed by atoms with E-state index in [2.05, 4.69) is 50.7 Å². The van der Waals surface area contributed by atoms with Crippen LogP contribution < -0.4 is 4.90 Å². The second kappa shape index (κ2) is 5.37. The fourth-order valence-electron chi connectivity index (χ4n) is 3.64. The van der Waals surface area contributed by atoms with Crippen LogP contribution in [0, 0.1) is 20.8 Å². The maximum Gasteiger partial charge on any atom is 0.154 e. The summed E-state index contributed by atoms with van der Waals surface area (Å²) in [7, 11) is 0. The molecule has 0 amide bonds. The van der Waals surface area contributed by atoms with Gasteiger partial charge in [0.1, 0.15) is 5.52 Å². The van der Waals surface area contributed by atoms with E-state index < -0.39 is 0 Å². The third-order valence-electron chi connectivity index (χ3n) is 4.58. The van der Waals surface area contributed by atoms with Crippen molar-refractivity contribution in [3.05, 3.63) is 41.6 Å². The van der Waals surface area contributed by atoms with Crippen molar-refractivity contribution in [3.8, 4) is 0 Å². The highest BCUT2D eigenvalue weighted by atomic mass is 15.3. The van der Waals surface area contributed by atoms with Crippen LogP contribution in [0.25, 0.3) is 5.52 Å². The second-order valence-corrected chi connectivity index (χ2v) is 6.48. The summed E-state index contributed by atoms with van der Waals surface area (Å²) in [4.78, 5) is 7.01. The van der Waals surface area contributed by atoms with Gasteiger partial charge in [0.15, 0.2) is 5.82 Å². The van der Waals surface area contributed by atoms with E-state index in [0.29, 0.717) is 6.04 Å². The maximum absolute atomic E-state index is 4.68. The first-order valence-electron chi connectivity index (χ1n) is 8.20. The van der Waals surface area contributed by atoms with Gasteiger partial charge in [-0.05, 0) is 45.7 Å². The van der Waals surface area contributed by atoms with Crippen molar-refractivity contribution >= 4 is 11.3 Å². The molecule has 0 saturated carbocycles. The summed E-state index contributed by atoms with van der Waals surface area (Å²) in [5, 5.41) is 9.18. The average Bonchev–Trinajstić information content (AvgIpc) is 3.08. The zero-order valence-corrected chi connectivity index (χ0v) is 13.9. The van der Waals surface area contributed by atoms with Gasteiger partial charge in [-0.15, -0.1) is 0 Å². The molecule has 23 heavy (non-hydrogen) atoms. The Labute approximate surface area is 135 Å². The molecule has 3 aromatic rings. The molecule has 3 aromatic heterocycles. The average molecular weight is 310 g/mol. The third-order valence-corrected chi connectivity index (χ3v) is 4.58. The number of piperidine rings is 1. The monoisotopic (exact) mass is 310 g/mol. The van der Waals surface area contributed by atoms with Crippen molar-refractivity contribution < 1.29 is 0 Å². The van der Waals surface area contributed by atoms with Gasteiger partial charge in [-0.2, -0.15) is 10.2 Å². The summed E-state index contributed by atoms with van der Waals surface area (Å²) in [6, 6.07) is 4.66. The van der Waals surface area contributed by atoms with Crippen molar-refractivity contribution in [2.24, 2.45) is 0 Å². The third kappa shape index (κ3) is 2.48. The molecule has 0 spiro atoms. The maximum atomic E-state index is 4.68. The Morgan fingerprint density at radius 2 is 1.91 bits per heavy atom. The van der Waals surface area contributed by atoms with Gasteiger partial charge in [0.25, 0.3) is 0 Å². The minimum absolute atomic E-state index is 0.406. The molecular formula is C17H22N6. The predicted molar refractivity (Wildman–Crippen MR) is 89.9 cm³/mol. The van der Waals surface area contributed by atoms with Crippen molar-refractivity contribution in [1.82, 2.24) is 24.4 Å². The summed E-state index contributed by atoms with van der Waals surface area (Å²) in [6.07, 6.45) is 6.06. The number of anilines is 1. The molecule has 0 bridgehead atoms. The zero-order chi connectivity index (χ0) is 16.0. The molecular weight excluding hydrogens is 288 g/mol. The Hall–Kier alpha value is -2.37. The van der Waals surface area contributed by atoms with E-state index in [1.807, 2.05) is 23.8 Å². The Kier molecular flexibility index (Phi) is 3.32. The van der Waals surface area contributed by atoms with Crippen molar-refractivity contribution in [2.45, 2.75) is 39.7 Å². The van der Waals surface area contributed by atoms with Crippen LogP contribution in [0.5, 0.6) is 0 Å². The summed E-state index contributed by atoms with van der Waals surface area (Å²) in [5.41, 5.74) is 4.43. The van der Waals surface area contributed by atoms with Gasteiger partial charge >= 0.3 is 0 Å². The number of hydrogen-bond donors (Lipinski definition) is 0. The van der Waals surface area contributed by atoms with Crippen LogP contribution in [0.3, 0.4) is 0 Å². The zero-order valence-electron chi connectivity index (χ0n) is 13.9. The van der Waals surface area contributed by atoms with Crippen LogP contribution in [0.2, 0.25) is 0 Å². The lowest BCUT2D eigenvalue weighted by atomic mass is 10.1. The summed E-state index contributed by atoms with van der Waals surface area (Å²) < 4.78 is 4.11. The molecule has 6 heteroatoms. The number of nitrogens with zero attached hydrogens (tertiary/aromatic N) is 6. The van der Waals surface area contributed by atoms with Gasteiger partial charge in [-0.3, -0.25) is 4.68 Å². The van der Waals surface area contributed by atoms with Crippen LogP contribution in [0.15, 0.2) is 24.5 Å². The lowest BCUT2D eigenvalue weighted by Gasteiger charge is -2.34. The molecule has 120 valence electrons. The Bertz CT molecular complexity index is 846.